The first-order valence-corrected chi connectivity index (χ1v) is 7.20. The smallest absolute Gasteiger partial charge is 0.119 e. The van der Waals surface area contributed by atoms with E-state index in [1.165, 1.54) is 0 Å². The van der Waals surface area contributed by atoms with Crippen molar-refractivity contribution in [2.45, 2.75) is 19.9 Å². The predicted molar refractivity (Wildman–Crippen MR) is 84.7 cm³/mol. The molecule has 2 aromatic carbocycles. The van der Waals surface area contributed by atoms with Crippen LogP contribution in [-0.2, 0) is 0 Å². The van der Waals surface area contributed by atoms with E-state index in [0.29, 0.717) is 6.61 Å². The molecule has 0 aliphatic carbocycles. The Kier molecular flexibility index (Phi) is 5.05. The lowest BCUT2D eigenvalue weighted by Gasteiger charge is -2.20. The Hall–Kier alpha value is -1.51. The minimum Gasteiger partial charge on any atom is -0.494 e. The van der Waals surface area contributed by atoms with Crippen LogP contribution in [0, 0.1) is 6.92 Å². The van der Waals surface area contributed by atoms with Gasteiger partial charge < -0.3 is 10.1 Å². The van der Waals surface area contributed by atoms with E-state index in [2.05, 4.69) is 23.5 Å². The molecule has 0 fully saturated rings. The number of aryl methyl sites for hydroxylation is 1. The van der Waals surface area contributed by atoms with Crippen molar-refractivity contribution < 1.29 is 4.74 Å². The molecule has 3 heteroatoms. The zero-order chi connectivity index (χ0) is 14.5. The SMILES string of the molecule is CCOc1cccc(C(NC)c2cccc(C)c2Cl)c1. The van der Waals surface area contributed by atoms with Gasteiger partial charge in [0, 0.05) is 5.02 Å². The van der Waals surface area contributed by atoms with Gasteiger partial charge in [0.15, 0.2) is 0 Å². The first kappa shape index (κ1) is 14.9. The van der Waals surface area contributed by atoms with Crippen molar-refractivity contribution in [2.24, 2.45) is 0 Å². The third-order valence-corrected chi connectivity index (χ3v) is 3.84. The minimum absolute atomic E-state index is 0.0582. The number of ether oxygens (including phenoxy) is 1. The number of hydrogen-bond acceptors (Lipinski definition) is 2. The molecule has 20 heavy (non-hydrogen) atoms. The Labute approximate surface area is 125 Å². The van der Waals surface area contributed by atoms with E-state index in [-0.39, 0.29) is 6.04 Å². The maximum atomic E-state index is 6.45. The lowest BCUT2D eigenvalue weighted by Crippen LogP contribution is -2.18. The monoisotopic (exact) mass is 289 g/mol. The van der Waals surface area contributed by atoms with Crippen LogP contribution in [0.4, 0.5) is 0 Å². The summed E-state index contributed by atoms with van der Waals surface area (Å²) in [5.41, 5.74) is 3.32. The number of rotatable bonds is 5. The summed E-state index contributed by atoms with van der Waals surface area (Å²) in [7, 11) is 1.94. The molecule has 0 heterocycles. The van der Waals surface area contributed by atoms with Crippen molar-refractivity contribution in [3.8, 4) is 5.75 Å². The molecule has 1 unspecified atom stereocenters. The molecule has 1 N–H and O–H groups in total. The maximum absolute atomic E-state index is 6.45. The summed E-state index contributed by atoms with van der Waals surface area (Å²) >= 11 is 6.45. The molecule has 0 saturated carbocycles. The average molecular weight is 290 g/mol. The van der Waals surface area contributed by atoms with Gasteiger partial charge in [0.2, 0.25) is 0 Å². The summed E-state index contributed by atoms with van der Waals surface area (Å²) in [6, 6.07) is 14.3. The molecule has 1 atom stereocenters. The number of halogens is 1. The number of benzene rings is 2. The van der Waals surface area contributed by atoms with Crippen LogP contribution in [0.5, 0.6) is 5.75 Å². The highest BCUT2D eigenvalue weighted by molar-refractivity contribution is 6.32. The summed E-state index contributed by atoms with van der Waals surface area (Å²) in [6.07, 6.45) is 0. The van der Waals surface area contributed by atoms with Gasteiger partial charge >= 0.3 is 0 Å². The molecule has 0 saturated heterocycles. The molecule has 0 bridgehead atoms. The second-order valence-electron chi connectivity index (χ2n) is 4.71. The highest BCUT2D eigenvalue weighted by atomic mass is 35.5. The molecular weight excluding hydrogens is 270 g/mol. The lowest BCUT2D eigenvalue weighted by atomic mass is 9.97. The highest BCUT2D eigenvalue weighted by Gasteiger charge is 2.16. The first-order chi connectivity index (χ1) is 9.67. The van der Waals surface area contributed by atoms with Gasteiger partial charge in [-0.05, 0) is 49.7 Å². The normalized spacial score (nSPS) is 12.2. The summed E-state index contributed by atoms with van der Waals surface area (Å²) < 4.78 is 5.57. The standard InChI is InChI=1S/C17H20ClNO/c1-4-20-14-9-6-8-13(11-14)17(19-3)15-10-5-7-12(2)16(15)18/h5-11,17,19H,4H2,1-3H3. The molecule has 106 valence electrons. The molecule has 2 rings (SSSR count). The molecule has 0 aliphatic rings. The van der Waals surface area contributed by atoms with Crippen molar-refractivity contribution in [3.63, 3.8) is 0 Å². The van der Waals surface area contributed by atoms with E-state index in [9.17, 15) is 0 Å². The Morgan fingerprint density at radius 1 is 1.20 bits per heavy atom. The number of hydrogen-bond donors (Lipinski definition) is 1. The maximum Gasteiger partial charge on any atom is 0.119 e. The van der Waals surface area contributed by atoms with Crippen LogP contribution in [0.25, 0.3) is 0 Å². The fourth-order valence-electron chi connectivity index (χ4n) is 2.35. The van der Waals surface area contributed by atoms with E-state index in [0.717, 1.165) is 27.5 Å². The second-order valence-corrected chi connectivity index (χ2v) is 5.08. The van der Waals surface area contributed by atoms with Gasteiger partial charge in [0.05, 0.1) is 12.6 Å². The Morgan fingerprint density at radius 3 is 2.65 bits per heavy atom. The predicted octanol–water partition coefficient (Wildman–Crippen LogP) is 4.36. The Bertz CT molecular complexity index is 583. The van der Waals surface area contributed by atoms with Crippen LogP contribution in [0.3, 0.4) is 0 Å². The second kappa shape index (κ2) is 6.78. The van der Waals surface area contributed by atoms with E-state index in [1.807, 2.05) is 45.2 Å². The van der Waals surface area contributed by atoms with Gasteiger partial charge in [0.1, 0.15) is 5.75 Å². The van der Waals surface area contributed by atoms with Crippen molar-refractivity contribution in [1.29, 1.82) is 0 Å². The van der Waals surface area contributed by atoms with Gasteiger partial charge in [-0.3, -0.25) is 0 Å². The van der Waals surface area contributed by atoms with Gasteiger partial charge in [0.25, 0.3) is 0 Å². The fraction of sp³-hybridized carbons (Fsp3) is 0.294. The quantitative estimate of drug-likeness (QED) is 0.883. The van der Waals surface area contributed by atoms with E-state index < -0.39 is 0 Å². The van der Waals surface area contributed by atoms with Gasteiger partial charge in [-0.25, -0.2) is 0 Å². The summed E-state index contributed by atoms with van der Waals surface area (Å²) in [6.45, 7) is 4.67. The van der Waals surface area contributed by atoms with Crippen molar-refractivity contribution in [1.82, 2.24) is 5.32 Å². The number of nitrogens with one attached hydrogen (secondary N) is 1. The van der Waals surface area contributed by atoms with E-state index in [1.54, 1.807) is 0 Å². The van der Waals surface area contributed by atoms with Crippen molar-refractivity contribution in [2.75, 3.05) is 13.7 Å². The average Bonchev–Trinajstić information content (AvgIpc) is 2.45. The van der Waals surface area contributed by atoms with Crippen LogP contribution >= 0.6 is 11.6 Å². The third-order valence-electron chi connectivity index (χ3n) is 3.32. The molecule has 0 aromatic heterocycles. The van der Waals surface area contributed by atoms with Crippen LogP contribution in [0.1, 0.15) is 29.7 Å². The largest absolute Gasteiger partial charge is 0.494 e. The van der Waals surface area contributed by atoms with Crippen LogP contribution < -0.4 is 10.1 Å². The van der Waals surface area contributed by atoms with Gasteiger partial charge in [-0.1, -0.05) is 41.9 Å². The molecule has 2 aromatic rings. The summed E-state index contributed by atoms with van der Waals surface area (Å²) in [4.78, 5) is 0. The molecule has 2 nitrogen and oxygen atoms in total. The molecule has 0 amide bonds. The summed E-state index contributed by atoms with van der Waals surface area (Å²) in [5, 5.41) is 4.15. The minimum atomic E-state index is 0.0582. The molecular formula is C17H20ClNO. The van der Waals surface area contributed by atoms with Gasteiger partial charge in [-0.2, -0.15) is 0 Å². The molecule has 0 radical (unpaired) electrons. The van der Waals surface area contributed by atoms with Crippen molar-refractivity contribution in [3.05, 3.63) is 64.2 Å². The van der Waals surface area contributed by atoms with E-state index >= 15 is 0 Å². The van der Waals surface area contributed by atoms with Crippen LogP contribution in [0.15, 0.2) is 42.5 Å². The third kappa shape index (κ3) is 3.14. The van der Waals surface area contributed by atoms with Crippen LogP contribution in [0.2, 0.25) is 5.02 Å². The van der Waals surface area contributed by atoms with Crippen LogP contribution in [-0.4, -0.2) is 13.7 Å². The highest BCUT2D eigenvalue weighted by Crippen LogP contribution is 2.31. The zero-order valence-corrected chi connectivity index (χ0v) is 12.9. The lowest BCUT2D eigenvalue weighted by molar-refractivity contribution is 0.339. The fourth-order valence-corrected chi connectivity index (χ4v) is 2.58. The van der Waals surface area contributed by atoms with Crippen molar-refractivity contribution >= 4 is 11.6 Å². The zero-order valence-electron chi connectivity index (χ0n) is 12.1. The molecule has 0 aliphatic heterocycles. The first-order valence-electron chi connectivity index (χ1n) is 6.82. The van der Waals surface area contributed by atoms with E-state index in [4.69, 9.17) is 16.3 Å². The Morgan fingerprint density at radius 2 is 1.95 bits per heavy atom. The topological polar surface area (TPSA) is 21.3 Å². The summed E-state index contributed by atoms with van der Waals surface area (Å²) in [5.74, 6) is 0.883. The van der Waals surface area contributed by atoms with Gasteiger partial charge in [-0.15, -0.1) is 0 Å². The molecule has 0 spiro atoms. The Balaban J connectivity index is 2.41.